The quantitative estimate of drug-likeness (QED) is 0.161. The van der Waals surface area contributed by atoms with E-state index in [0.717, 1.165) is 5.56 Å². The molecule has 3 heterocycles. The van der Waals surface area contributed by atoms with Gasteiger partial charge in [-0.15, -0.1) is 0 Å². The molecule has 0 spiro atoms. The van der Waals surface area contributed by atoms with Crippen LogP contribution in [0.2, 0.25) is 0 Å². The molecule has 13 heteroatoms. The number of thioether (sulfide) groups is 1. The monoisotopic (exact) mass is 578 g/mol. The smallest absolute Gasteiger partial charge is 0.324 e. The Kier molecular flexibility index (Phi) is 9.09. The molecule has 1 aliphatic rings. The molecule has 0 saturated carbocycles. The summed E-state index contributed by atoms with van der Waals surface area (Å²) >= 11 is 1.38. The first kappa shape index (κ1) is 28.5. The van der Waals surface area contributed by atoms with Crippen molar-refractivity contribution in [3.05, 3.63) is 72.6 Å². The SMILES string of the molecule is CCCC(=O)O[C@@H]1[C@H](O)[C@@H](CO)O[C@H]1n1c(SCc2ccccc2)nc2c(NC(=O)Nc3ccccc3)ncnc21. The van der Waals surface area contributed by atoms with Crippen LogP contribution < -0.4 is 10.6 Å². The lowest BCUT2D eigenvalue weighted by Gasteiger charge is -2.23. The molecule has 1 saturated heterocycles. The summed E-state index contributed by atoms with van der Waals surface area (Å²) in [6.07, 6.45) is -2.47. The van der Waals surface area contributed by atoms with Gasteiger partial charge in [0.15, 0.2) is 34.5 Å². The van der Waals surface area contributed by atoms with E-state index in [-0.39, 0.29) is 23.4 Å². The molecule has 2 aromatic heterocycles. The molecule has 2 amide bonds. The number of benzene rings is 2. The number of nitrogens with one attached hydrogen (secondary N) is 2. The highest BCUT2D eigenvalue weighted by atomic mass is 32.2. The molecule has 0 bridgehead atoms. The molecule has 4 N–H and O–H groups in total. The normalized spacial score (nSPS) is 20.2. The number of amides is 2. The highest BCUT2D eigenvalue weighted by Gasteiger charge is 2.48. The van der Waals surface area contributed by atoms with Crippen molar-refractivity contribution < 1.29 is 29.3 Å². The predicted molar refractivity (Wildman–Crippen MR) is 152 cm³/mol. The van der Waals surface area contributed by atoms with Crippen LogP contribution in [0.4, 0.5) is 16.3 Å². The second-order valence-corrected chi connectivity index (χ2v) is 10.3. The third kappa shape index (κ3) is 6.49. The van der Waals surface area contributed by atoms with Crippen LogP contribution in [-0.2, 0) is 20.0 Å². The lowest BCUT2D eigenvalue weighted by atomic mass is 10.1. The number of carbonyl (C=O) groups excluding carboxylic acids is 2. The van der Waals surface area contributed by atoms with E-state index in [4.69, 9.17) is 14.5 Å². The van der Waals surface area contributed by atoms with Gasteiger partial charge in [-0.2, -0.15) is 0 Å². The molecule has 214 valence electrons. The van der Waals surface area contributed by atoms with Crippen molar-refractivity contribution in [2.45, 2.75) is 55.2 Å². The van der Waals surface area contributed by atoms with E-state index in [9.17, 15) is 19.8 Å². The molecular weight excluding hydrogens is 548 g/mol. The van der Waals surface area contributed by atoms with Crippen LogP contribution in [0.15, 0.2) is 72.1 Å². The first-order valence-corrected chi connectivity index (χ1v) is 14.1. The number of urea groups is 1. The third-order valence-electron chi connectivity index (χ3n) is 6.39. The molecular formula is C28H30N6O6S. The summed E-state index contributed by atoms with van der Waals surface area (Å²) in [4.78, 5) is 38.7. The first-order chi connectivity index (χ1) is 20.0. The third-order valence-corrected chi connectivity index (χ3v) is 7.41. The van der Waals surface area contributed by atoms with Crippen LogP contribution >= 0.6 is 11.8 Å². The Labute approximate surface area is 240 Å². The van der Waals surface area contributed by atoms with Gasteiger partial charge in [0.05, 0.1) is 6.61 Å². The number of ether oxygens (including phenoxy) is 2. The van der Waals surface area contributed by atoms with E-state index in [1.807, 2.05) is 43.3 Å². The number of aromatic nitrogens is 4. The number of aliphatic hydroxyl groups is 2. The molecule has 5 rings (SSSR count). The number of fused-ring (bicyclic) bond motifs is 1. The van der Waals surface area contributed by atoms with E-state index < -0.39 is 43.1 Å². The van der Waals surface area contributed by atoms with Crippen molar-refractivity contribution in [2.75, 3.05) is 17.2 Å². The molecule has 4 aromatic rings. The maximum absolute atomic E-state index is 12.8. The maximum Gasteiger partial charge on any atom is 0.324 e. The van der Waals surface area contributed by atoms with E-state index >= 15 is 0 Å². The second-order valence-electron chi connectivity index (χ2n) is 9.32. The van der Waals surface area contributed by atoms with E-state index in [1.165, 1.54) is 18.1 Å². The van der Waals surface area contributed by atoms with Gasteiger partial charge in [0, 0.05) is 17.9 Å². The number of carbonyl (C=O) groups is 2. The van der Waals surface area contributed by atoms with Crippen LogP contribution in [0.1, 0.15) is 31.6 Å². The van der Waals surface area contributed by atoms with Crippen molar-refractivity contribution >= 4 is 46.4 Å². The molecule has 12 nitrogen and oxygen atoms in total. The van der Waals surface area contributed by atoms with Crippen LogP contribution in [0, 0.1) is 0 Å². The Morgan fingerprint density at radius 1 is 1.07 bits per heavy atom. The van der Waals surface area contributed by atoms with Gasteiger partial charge in [0.25, 0.3) is 0 Å². The topological polar surface area (TPSA) is 161 Å². The van der Waals surface area contributed by atoms with Crippen molar-refractivity contribution in [2.24, 2.45) is 0 Å². The van der Waals surface area contributed by atoms with E-state index in [0.29, 0.717) is 23.0 Å². The molecule has 41 heavy (non-hydrogen) atoms. The minimum Gasteiger partial charge on any atom is -0.455 e. The van der Waals surface area contributed by atoms with E-state index in [2.05, 4.69) is 20.6 Å². The van der Waals surface area contributed by atoms with Crippen molar-refractivity contribution in [1.82, 2.24) is 19.5 Å². The number of nitrogens with zero attached hydrogens (tertiary/aromatic N) is 4. The molecule has 0 aliphatic carbocycles. The number of hydrogen-bond donors (Lipinski definition) is 4. The summed E-state index contributed by atoms with van der Waals surface area (Å²) in [6, 6.07) is 18.2. The zero-order valence-corrected chi connectivity index (χ0v) is 23.0. The second kappa shape index (κ2) is 13.1. The Hall–Kier alpha value is -4.04. The Bertz CT molecular complexity index is 1490. The van der Waals surface area contributed by atoms with Crippen molar-refractivity contribution in [3.63, 3.8) is 0 Å². The van der Waals surface area contributed by atoms with Crippen molar-refractivity contribution in [3.8, 4) is 0 Å². The largest absolute Gasteiger partial charge is 0.455 e. The predicted octanol–water partition coefficient (Wildman–Crippen LogP) is 3.73. The number of para-hydroxylation sites is 1. The van der Waals surface area contributed by atoms with E-state index in [1.54, 1.807) is 28.8 Å². The zero-order valence-electron chi connectivity index (χ0n) is 22.2. The highest BCUT2D eigenvalue weighted by Crippen LogP contribution is 2.39. The number of aliphatic hydroxyl groups excluding tert-OH is 2. The fraction of sp³-hybridized carbons (Fsp3) is 0.321. The Morgan fingerprint density at radius 2 is 1.80 bits per heavy atom. The fourth-order valence-corrected chi connectivity index (χ4v) is 5.42. The van der Waals surface area contributed by atoms with Crippen LogP contribution in [0.3, 0.4) is 0 Å². The maximum atomic E-state index is 12.8. The summed E-state index contributed by atoms with van der Waals surface area (Å²) in [7, 11) is 0. The summed E-state index contributed by atoms with van der Waals surface area (Å²) in [5, 5.41) is 26.7. The molecule has 2 aromatic carbocycles. The number of hydrogen-bond acceptors (Lipinski definition) is 10. The zero-order chi connectivity index (χ0) is 28.8. The molecule has 1 fully saturated rings. The van der Waals surface area contributed by atoms with Gasteiger partial charge in [0.1, 0.15) is 18.5 Å². The molecule has 1 aliphatic heterocycles. The van der Waals surface area contributed by atoms with Crippen molar-refractivity contribution in [1.29, 1.82) is 0 Å². The molecule has 0 unspecified atom stereocenters. The average molecular weight is 579 g/mol. The van der Waals surface area contributed by atoms with Gasteiger partial charge < -0.3 is 25.0 Å². The van der Waals surface area contributed by atoms with Gasteiger partial charge >= 0.3 is 12.0 Å². The van der Waals surface area contributed by atoms with Gasteiger partial charge in [-0.1, -0.05) is 67.2 Å². The highest BCUT2D eigenvalue weighted by molar-refractivity contribution is 7.98. The minimum atomic E-state index is -1.29. The first-order valence-electron chi connectivity index (χ1n) is 13.1. The minimum absolute atomic E-state index is 0.153. The molecule has 4 atom stereocenters. The number of esters is 1. The lowest BCUT2D eigenvalue weighted by Crippen LogP contribution is -2.37. The number of anilines is 2. The number of rotatable bonds is 10. The summed E-state index contributed by atoms with van der Waals surface area (Å²) in [5.74, 6) is 0.190. The Morgan fingerprint density at radius 3 is 2.51 bits per heavy atom. The lowest BCUT2D eigenvalue weighted by molar-refractivity contribution is -0.158. The van der Waals surface area contributed by atoms with Crippen LogP contribution in [0.5, 0.6) is 0 Å². The van der Waals surface area contributed by atoms with Gasteiger partial charge in [-0.3, -0.25) is 14.7 Å². The summed E-state index contributed by atoms with van der Waals surface area (Å²) in [6.45, 7) is 1.36. The van der Waals surface area contributed by atoms with Crippen LogP contribution in [-0.4, -0.2) is 66.7 Å². The van der Waals surface area contributed by atoms with Crippen LogP contribution in [0.25, 0.3) is 11.2 Å². The fourth-order valence-electron chi connectivity index (χ4n) is 4.44. The molecule has 0 radical (unpaired) electrons. The Balaban J connectivity index is 1.53. The van der Waals surface area contributed by atoms with Gasteiger partial charge in [0.2, 0.25) is 0 Å². The van der Waals surface area contributed by atoms with Gasteiger partial charge in [-0.25, -0.2) is 19.7 Å². The average Bonchev–Trinajstić information content (AvgIpc) is 3.50. The standard InChI is InChI=1S/C28H30N6O6S/c1-2-9-20(36)40-23-22(37)19(14-35)39-26(23)34-25-21(32-28(34)41-15-17-10-5-3-6-11-17)24(29-16-30-25)33-27(38)31-18-12-7-4-8-13-18/h3-8,10-13,16,19,22-23,26,35,37H,2,9,14-15H2,1H3,(H2,29,30,31,33,38)/t19-,22-,23-,26-/m1/s1. The number of imidazole rings is 1. The van der Waals surface area contributed by atoms with Gasteiger partial charge in [-0.05, 0) is 24.1 Å². The summed E-state index contributed by atoms with van der Waals surface area (Å²) < 4.78 is 13.3. The summed E-state index contributed by atoms with van der Waals surface area (Å²) in [5.41, 5.74) is 2.20.